The molecule has 0 aromatic heterocycles. The fourth-order valence-electron chi connectivity index (χ4n) is 4.82. The largest absolute Gasteiger partial charge is 0.756 e. The zero-order chi connectivity index (χ0) is 40.6. The summed E-state index contributed by atoms with van der Waals surface area (Å²) in [4.78, 5) is 23.7. The van der Waals surface area contributed by atoms with Gasteiger partial charge in [0.2, 0.25) is 0 Å². The molecule has 8 nitrogen and oxygen atoms in total. The standard InChI is InChI=1S/C46H76NO7P/c1-5-6-7-8-9-10-11-12-13-14-15-16-17-18-19-20-21-22-23-24-25-26-27-28-29-30-31-32-33-34-35-36-37-38-39-40-46(49)52-43-45(48)44-54-55(50,51)53-42-41-47(2,3)4/h6-7,9-10,12-13,15-16,18-19,21-22,24-25,27-28,30-31,45,48H,5,8,11,14,17,20,23,26,29,32-44H2,1-4H3/b7-6-,10-9-,13-12-,16-15-,19-18-,22-21-,25-24-,28-27-,31-30-. The number of phosphoric ester groups is 1. The van der Waals surface area contributed by atoms with Crippen LogP contribution in [0.4, 0.5) is 0 Å². The third-order valence-corrected chi connectivity index (χ3v) is 9.00. The van der Waals surface area contributed by atoms with Crippen molar-refractivity contribution in [1.29, 1.82) is 0 Å². The summed E-state index contributed by atoms with van der Waals surface area (Å²) in [7, 11) is 1.23. The third kappa shape index (κ3) is 43.8. The predicted molar refractivity (Wildman–Crippen MR) is 230 cm³/mol. The van der Waals surface area contributed by atoms with Crippen LogP contribution in [0.5, 0.6) is 0 Å². The maximum atomic E-state index is 11.9. The Labute approximate surface area is 336 Å². The molecule has 2 atom stereocenters. The Bertz CT molecular complexity index is 1240. The molecule has 0 heterocycles. The summed E-state index contributed by atoms with van der Waals surface area (Å²) in [5, 5.41) is 9.88. The van der Waals surface area contributed by atoms with Crippen molar-refractivity contribution in [2.24, 2.45) is 0 Å². The molecular weight excluding hydrogens is 709 g/mol. The molecule has 0 bridgehead atoms. The number of phosphoric acid groups is 1. The number of nitrogens with zero attached hydrogens (tertiary/aromatic N) is 1. The number of likely N-dealkylation sites (N-methyl/N-ethyl adjacent to an activating group) is 1. The highest BCUT2D eigenvalue weighted by Gasteiger charge is 2.16. The van der Waals surface area contributed by atoms with E-state index in [1.807, 2.05) is 21.1 Å². The minimum atomic E-state index is -4.51. The smallest absolute Gasteiger partial charge is 0.305 e. The molecule has 55 heavy (non-hydrogen) atoms. The van der Waals surface area contributed by atoms with Crippen LogP contribution in [-0.2, 0) is 23.1 Å². The molecule has 0 aromatic rings. The number of aliphatic hydroxyl groups excluding tert-OH is 1. The summed E-state index contributed by atoms with van der Waals surface area (Å²) in [5.41, 5.74) is 0. The minimum Gasteiger partial charge on any atom is -0.756 e. The monoisotopic (exact) mass is 786 g/mol. The van der Waals surface area contributed by atoms with Gasteiger partial charge in [-0.15, -0.1) is 0 Å². The van der Waals surface area contributed by atoms with Crippen molar-refractivity contribution in [3.05, 3.63) is 109 Å². The van der Waals surface area contributed by atoms with Gasteiger partial charge in [-0.05, 0) is 77.0 Å². The van der Waals surface area contributed by atoms with E-state index in [9.17, 15) is 19.4 Å². The van der Waals surface area contributed by atoms with Crippen LogP contribution < -0.4 is 4.89 Å². The van der Waals surface area contributed by atoms with Crippen molar-refractivity contribution in [3.63, 3.8) is 0 Å². The zero-order valence-corrected chi connectivity index (χ0v) is 35.7. The first kappa shape index (κ1) is 52.2. The second-order valence-corrected chi connectivity index (χ2v) is 15.9. The van der Waals surface area contributed by atoms with E-state index in [0.29, 0.717) is 11.0 Å². The number of quaternary nitrogens is 1. The molecule has 0 radical (unpaired) electrons. The van der Waals surface area contributed by atoms with E-state index in [-0.39, 0.29) is 19.6 Å². The van der Waals surface area contributed by atoms with Crippen LogP contribution in [0.15, 0.2) is 109 Å². The maximum absolute atomic E-state index is 11.9. The second-order valence-electron chi connectivity index (χ2n) is 14.5. The number of rotatable bonds is 36. The van der Waals surface area contributed by atoms with Gasteiger partial charge in [0, 0.05) is 6.42 Å². The van der Waals surface area contributed by atoms with Crippen molar-refractivity contribution in [1.82, 2.24) is 0 Å². The van der Waals surface area contributed by atoms with Crippen LogP contribution in [0.25, 0.3) is 0 Å². The Hall–Kier alpha value is -2.84. The Morgan fingerprint density at radius 3 is 1.38 bits per heavy atom. The molecule has 9 heteroatoms. The van der Waals surface area contributed by atoms with Crippen LogP contribution >= 0.6 is 7.82 Å². The molecule has 0 aromatic carbocycles. The van der Waals surface area contributed by atoms with Crippen LogP contribution in [0.2, 0.25) is 0 Å². The highest BCUT2D eigenvalue weighted by Crippen LogP contribution is 2.38. The lowest BCUT2D eigenvalue weighted by Crippen LogP contribution is -2.37. The number of carbonyl (C=O) groups excluding carboxylic acids is 1. The van der Waals surface area contributed by atoms with E-state index in [4.69, 9.17) is 9.26 Å². The van der Waals surface area contributed by atoms with Gasteiger partial charge in [0.15, 0.2) is 0 Å². The lowest BCUT2D eigenvalue weighted by molar-refractivity contribution is -0.870. The molecule has 0 fully saturated rings. The van der Waals surface area contributed by atoms with Crippen molar-refractivity contribution in [2.75, 3.05) is 47.5 Å². The number of esters is 1. The maximum Gasteiger partial charge on any atom is 0.305 e. The SMILES string of the molecule is CC/C=C\C/C=C\C/C=C\C/C=C\C/C=C\C/C=C\C/C=C\C/C=C\C/C=C\CCCCCCCCCC(=O)OCC(O)COP(=O)([O-])OCC[N+](C)(C)C. The fourth-order valence-corrected chi connectivity index (χ4v) is 5.55. The average Bonchev–Trinajstić information content (AvgIpc) is 3.14. The summed E-state index contributed by atoms with van der Waals surface area (Å²) in [6, 6.07) is 0. The van der Waals surface area contributed by atoms with Gasteiger partial charge in [0.1, 0.15) is 25.9 Å². The third-order valence-electron chi connectivity index (χ3n) is 8.04. The van der Waals surface area contributed by atoms with Crippen molar-refractivity contribution in [3.8, 4) is 0 Å². The molecule has 2 unspecified atom stereocenters. The number of hydrogen-bond acceptors (Lipinski definition) is 7. The van der Waals surface area contributed by atoms with Crippen LogP contribution in [0, 0.1) is 0 Å². The molecule has 1 N–H and O–H groups in total. The lowest BCUT2D eigenvalue weighted by atomic mass is 10.1. The first-order valence-electron chi connectivity index (χ1n) is 20.6. The lowest BCUT2D eigenvalue weighted by Gasteiger charge is -2.27. The number of carbonyl (C=O) groups is 1. The Kier molecular flexibility index (Phi) is 36.1. The highest BCUT2D eigenvalue weighted by molar-refractivity contribution is 7.45. The van der Waals surface area contributed by atoms with E-state index in [1.165, 1.54) is 19.3 Å². The van der Waals surface area contributed by atoms with Crippen LogP contribution in [-0.4, -0.2) is 69.2 Å². The molecule has 0 aliphatic carbocycles. The van der Waals surface area contributed by atoms with Gasteiger partial charge in [-0.3, -0.25) is 9.36 Å². The average molecular weight is 786 g/mol. The Morgan fingerprint density at radius 1 is 0.582 bits per heavy atom. The van der Waals surface area contributed by atoms with Gasteiger partial charge in [-0.2, -0.15) is 0 Å². The van der Waals surface area contributed by atoms with Crippen LogP contribution in [0.3, 0.4) is 0 Å². The van der Waals surface area contributed by atoms with Gasteiger partial charge in [-0.25, -0.2) is 0 Å². The van der Waals surface area contributed by atoms with Gasteiger partial charge in [-0.1, -0.05) is 148 Å². The predicted octanol–water partition coefficient (Wildman–Crippen LogP) is 11.1. The van der Waals surface area contributed by atoms with E-state index >= 15 is 0 Å². The molecule has 0 amide bonds. The first-order chi connectivity index (χ1) is 26.6. The van der Waals surface area contributed by atoms with E-state index in [0.717, 1.165) is 89.9 Å². The molecule has 0 saturated heterocycles. The summed E-state index contributed by atoms with van der Waals surface area (Å²) >= 11 is 0. The molecular formula is C46H76NO7P. The minimum absolute atomic E-state index is 0.0159. The molecule has 312 valence electrons. The molecule has 0 spiro atoms. The number of hydrogen-bond donors (Lipinski definition) is 1. The number of allylic oxidation sites excluding steroid dienone is 18. The van der Waals surface area contributed by atoms with E-state index in [1.54, 1.807) is 0 Å². The van der Waals surface area contributed by atoms with Crippen LogP contribution in [0.1, 0.15) is 122 Å². The summed E-state index contributed by atoms with van der Waals surface area (Å²) < 4.78 is 26.8. The van der Waals surface area contributed by atoms with Crippen molar-refractivity contribution < 1.29 is 37.6 Å². The highest BCUT2D eigenvalue weighted by atomic mass is 31.2. The van der Waals surface area contributed by atoms with Gasteiger partial charge >= 0.3 is 5.97 Å². The summed E-state index contributed by atoms with van der Waals surface area (Å²) in [6.07, 6.45) is 56.8. The van der Waals surface area contributed by atoms with Crippen molar-refractivity contribution >= 4 is 13.8 Å². The number of ether oxygens (including phenoxy) is 1. The summed E-state index contributed by atoms with van der Waals surface area (Å²) in [6.45, 7) is 1.80. The topological polar surface area (TPSA) is 105 Å². The number of aliphatic hydroxyl groups is 1. The normalized spacial score (nSPS) is 14.9. The first-order valence-corrected chi connectivity index (χ1v) is 22.1. The molecule has 0 aliphatic heterocycles. The molecule has 0 aliphatic rings. The Morgan fingerprint density at radius 2 is 0.964 bits per heavy atom. The molecule has 0 saturated carbocycles. The van der Waals surface area contributed by atoms with Gasteiger partial charge in [0.05, 0.1) is 27.7 Å². The fraction of sp³-hybridized carbons (Fsp3) is 0.587. The van der Waals surface area contributed by atoms with E-state index < -0.39 is 26.5 Å². The van der Waals surface area contributed by atoms with Gasteiger partial charge < -0.3 is 28.3 Å². The number of unbranched alkanes of at least 4 members (excludes halogenated alkanes) is 7. The summed E-state index contributed by atoms with van der Waals surface area (Å²) in [5.74, 6) is -0.404. The molecule has 0 rings (SSSR count). The van der Waals surface area contributed by atoms with Gasteiger partial charge in [0.25, 0.3) is 7.82 Å². The van der Waals surface area contributed by atoms with E-state index in [2.05, 4.69) is 121 Å². The second kappa shape index (κ2) is 38.1. The zero-order valence-electron chi connectivity index (χ0n) is 34.8. The van der Waals surface area contributed by atoms with Crippen molar-refractivity contribution in [2.45, 2.75) is 129 Å². The quantitative estimate of drug-likeness (QED) is 0.0222. The Balaban J connectivity index is 3.61.